The highest BCUT2D eigenvalue weighted by Gasteiger charge is 2.24. The highest BCUT2D eigenvalue weighted by atomic mass is 79.9. The summed E-state index contributed by atoms with van der Waals surface area (Å²) in [6.45, 7) is 5.26. The molecule has 0 saturated carbocycles. The van der Waals surface area contributed by atoms with Crippen LogP contribution < -0.4 is 5.32 Å². The molecule has 4 heteroatoms. The lowest BCUT2D eigenvalue weighted by molar-refractivity contribution is -0.0160. The average Bonchev–Trinajstić information content (AvgIpc) is 2.34. The Morgan fingerprint density at radius 3 is 2.89 bits per heavy atom. The summed E-state index contributed by atoms with van der Waals surface area (Å²) >= 11 is 9.50. The van der Waals surface area contributed by atoms with E-state index in [1.807, 2.05) is 12.1 Å². The van der Waals surface area contributed by atoms with Crippen molar-refractivity contribution in [1.82, 2.24) is 0 Å². The summed E-state index contributed by atoms with van der Waals surface area (Å²) in [6.07, 6.45) is 2.48. The summed E-state index contributed by atoms with van der Waals surface area (Å²) in [5.74, 6) is 0.572. The topological polar surface area (TPSA) is 21.3 Å². The molecule has 0 amide bonds. The molecule has 0 aromatic heterocycles. The molecule has 2 unspecified atom stereocenters. The van der Waals surface area contributed by atoms with Crippen molar-refractivity contribution in [3.63, 3.8) is 0 Å². The van der Waals surface area contributed by atoms with Gasteiger partial charge in [0.2, 0.25) is 0 Å². The Hall–Kier alpha value is -0.250. The molecule has 1 aromatic carbocycles. The van der Waals surface area contributed by atoms with Crippen molar-refractivity contribution in [1.29, 1.82) is 0 Å². The molecule has 0 spiro atoms. The van der Waals surface area contributed by atoms with E-state index in [1.54, 1.807) is 0 Å². The fourth-order valence-corrected chi connectivity index (χ4v) is 2.67. The van der Waals surface area contributed by atoms with Gasteiger partial charge in [0.1, 0.15) is 0 Å². The Labute approximate surface area is 122 Å². The van der Waals surface area contributed by atoms with Crippen molar-refractivity contribution in [3.8, 4) is 0 Å². The molecule has 1 aliphatic rings. The van der Waals surface area contributed by atoms with Crippen molar-refractivity contribution in [2.75, 3.05) is 11.9 Å². The second-order valence-electron chi connectivity index (χ2n) is 5.15. The Morgan fingerprint density at radius 2 is 2.22 bits per heavy atom. The molecule has 18 heavy (non-hydrogen) atoms. The van der Waals surface area contributed by atoms with Gasteiger partial charge in [-0.05, 0) is 52.9 Å². The Bertz CT molecular complexity index is 411. The SMILES string of the molecule is CC(C)C1CC(Nc2ccc(Br)c(Cl)c2)CCO1. The molecule has 100 valence electrons. The number of halogens is 2. The van der Waals surface area contributed by atoms with Gasteiger partial charge in [0.05, 0.1) is 11.1 Å². The van der Waals surface area contributed by atoms with Crippen LogP contribution in [0.3, 0.4) is 0 Å². The Morgan fingerprint density at radius 1 is 1.44 bits per heavy atom. The lowest BCUT2D eigenvalue weighted by atomic mass is 9.95. The van der Waals surface area contributed by atoms with E-state index in [-0.39, 0.29) is 0 Å². The van der Waals surface area contributed by atoms with E-state index >= 15 is 0 Å². The zero-order chi connectivity index (χ0) is 13.1. The number of nitrogens with one attached hydrogen (secondary N) is 1. The van der Waals surface area contributed by atoms with Crippen LogP contribution in [0, 0.1) is 5.92 Å². The quantitative estimate of drug-likeness (QED) is 0.865. The maximum atomic E-state index is 6.10. The molecule has 1 heterocycles. The first kappa shape index (κ1) is 14.2. The Kier molecular flexibility index (Phi) is 4.93. The summed E-state index contributed by atoms with van der Waals surface area (Å²) in [7, 11) is 0. The van der Waals surface area contributed by atoms with Gasteiger partial charge in [-0.2, -0.15) is 0 Å². The second-order valence-corrected chi connectivity index (χ2v) is 6.41. The van der Waals surface area contributed by atoms with Gasteiger partial charge in [-0.3, -0.25) is 0 Å². The number of hydrogen-bond donors (Lipinski definition) is 1. The molecule has 1 fully saturated rings. The van der Waals surface area contributed by atoms with Gasteiger partial charge >= 0.3 is 0 Å². The molecule has 0 aliphatic carbocycles. The van der Waals surface area contributed by atoms with Crippen LogP contribution in [0.25, 0.3) is 0 Å². The minimum Gasteiger partial charge on any atom is -0.382 e. The third-order valence-corrected chi connectivity index (χ3v) is 4.58. The third kappa shape index (κ3) is 3.62. The monoisotopic (exact) mass is 331 g/mol. The highest BCUT2D eigenvalue weighted by Crippen LogP contribution is 2.28. The summed E-state index contributed by atoms with van der Waals surface area (Å²) in [5, 5.41) is 4.29. The minimum atomic E-state index is 0.363. The van der Waals surface area contributed by atoms with Crippen molar-refractivity contribution in [2.45, 2.75) is 38.8 Å². The summed E-state index contributed by atoms with van der Waals surface area (Å²) < 4.78 is 6.71. The summed E-state index contributed by atoms with van der Waals surface area (Å²) in [6, 6.07) is 6.47. The highest BCUT2D eigenvalue weighted by molar-refractivity contribution is 9.10. The van der Waals surface area contributed by atoms with Gasteiger partial charge in [0.25, 0.3) is 0 Å². The van der Waals surface area contributed by atoms with E-state index in [4.69, 9.17) is 16.3 Å². The van der Waals surface area contributed by atoms with Crippen LogP contribution in [0.4, 0.5) is 5.69 Å². The van der Waals surface area contributed by atoms with E-state index in [0.717, 1.165) is 34.6 Å². The largest absolute Gasteiger partial charge is 0.382 e. The molecular formula is C14H19BrClNO. The van der Waals surface area contributed by atoms with Crippen LogP contribution in [0.5, 0.6) is 0 Å². The van der Waals surface area contributed by atoms with Crippen LogP contribution >= 0.6 is 27.5 Å². The van der Waals surface area contributed by atoms with E-state index in [0.29, 0.717) is 18.1 Å². The number of ether oxygens (including phenoxy) is 1. The minimum absolute atomic E-state index is 0.363. The zero-order valence-electron chi connectivity index (χ0n) is 10.7. The van der Waals surface area contributed by atoms with E-state index in [2.05, 4.69) is 41.2 Å². The van der Waals surface area contributed by atoms with Gasteiger partial charge in [-0.15, -0.1) is 0 Å². The third-order valence-electron chi connectivity index (χ3n) is 3.35. The maximum absolute atomic E-state index is 6.10. The predicted octanol–water partition coefficient (Wildman–Crippen LogP) is 4.72. The van der Waals surface area contributed by atoms with Gasteiger partial charge in [0, 0.05) is 22.8 Å². The van der Waals surface area contributed by atoms with Crippen LogP contribution in [0.1, 0.15) is 26.7 Å². The number of hydrogen-bond acceptors (Lipinski definition) is 2. The number of anilines is 1. The molecule has 1 aromatic rings. The van der Waals surface area contributed by atoms with Crippen LogP contribution in [-0.4, -0.2) is 18.8 Å². The fraction of sp³-hybridized carbons (Fsp3) is 0.571. The fourth-order valence-electron chi connectivity index (χ4n) is 2.25. The molecule has 2 atom stereocenters. The summed E-state index contributed by atoms with van der Waals surface area (Å²) in [5.41, 5.74) is 1.08. The van der Waals surface area contributed by atoms with E-state index in [9.17, 15) is 0 Å². The molecule has 1 saturated heterocycles. The standard InChI is InChI=1S/C14H19BrClNO/c1-9(2)14-8-11(5-6-18-14)17-10-3-4-12(15)13(16)7-10/h3-4,7,9,11,14,17H,5-6,8H2,1-2H3. The lowest BCUT2D eigenvalue weighted by Crippen LogP contribution is -2.36. The van der Waals surface area contributed by atoms with Crippen molar-refractivity contribution < 1.29 is 4.74 Å². The smallest absolute Gasteiger partial charge is 0.0617 e. The predicted molar refractivity (Wildman–Crippen MR) is 80.4 cm³/mol. The average molecular weight is 333 g/mol. The maximum Gasteiger partial charge on any atom is 0.0617 e. The van der Waals surface area contributed by atoms with Crippen LogP contribution in [-0.2, 0) is 4.74 Å². The summed E-state index contributed by atoms with van der Waals surface area (Å²) in [4.78, 5) is 0. The number of rotatable bonds is 3. The van der Waals surface area contributed by atoms with Crippen molar-refractivity contribution in [3.05, 3.63) is 27.7 Å². The zero-order valence-corrected chi connectivity index (χ0v) is 13.1. The van der Waals surface area contributed by atoms with Crippen LogP contribution in [0.2, 0.25) is 5.02 Å². The molecule has 2 nitrogen and oxygen atoms in total. The first-order valence-electron chi connectivity index (χ1n) is 6.39. The molecule has 0 radical (unpaired) electrons. The van der Waals surface area contributed by atoms with E-state index in [1.165, 1.54) is 0 Å². The van der Waals surface area contributed by atoms with Gasteiger partial charge in [-0.1, -0.05) is 25.4 Å². The first-order valence-corrected chi connectivity index (χ1v) is 7.56. The molecule has 2 rings (SSSR count). The van der Waals surface area contributed by atoms with Crippen molar-refractivity contribution in [2.24, 2.45) is 5.92 Å². The Balaban J connectivity index is 1.98. The molecule has 0 bridgehead atoms. The number of benzene rings is 1. The first-order chi connectivity index (χ1) is 8.56. The second kappa shape index (κ2) is 6.27. The van der Waals surface area contributed by atoms with Gasteiger partial charge < -0.3 is 10.1 Å². The molecule has 1 N–H and O–H groups in total. The lowest BCUT2D eigenvalue weighted by Gasteiger charge is -2.33. The van der Waals surface area contributed by atoms with Gasteiger partial charge in [0.15, 0.2) is 0 Å². The molecular weight excluding hydrogens is 314 g/mol. The van der Waals surface area contributed by atoms with Crippen molar-refractivity contribution >= 4 is 33.2 Å². The molecule has 1 aliphatic heterocycles. The normalized spacial score (nSPS) is 24.3. The van der Waals surface area contributed by atoms with Crippen LogP contribution in [0.15, 0.2) is 22.7 Å². The van der Waals surface area contributed by atoms with Gasteiger partial charge in [-0.25, -0.2) is 0 Å². The van der Waals surface area contributed by atoms with E-state index < -0.39 is 0 Å².